The van der Waals surface area contributed by atoms with E-state index in [4.69, 9.17) is 0 Å². The van der Waals surface area contributed by atoms with E-state index < -0.39 is 23.2 Å². The van der Waals surface area contributed by atoms with E-state index in [1.54, 1.807) is 13.8 Å². The van der Waals surface area contributed by atoms with Gasteiger partial charge in [-0.15, -0.1) is 0 Å². The monoisotopic (exact) mass is 255 g/mol. The molecule has 0 aromatic rings. The Labute approximate surface area is 95.1 Å². The molecular formula is C8H18CuNO4. The van der Waals surface area contributed by atoms with Crippen molar-refractivity contribution in [2.45, 2.75) is 44.9 Å². The zero-order valence-electron chi connectivity index (χ0n) is 8.61. The van der Waals surface area contributed by atoms with Crippen molar-refractivity contribution in [3.63, 3.8) is 0 Å². The number of hydrogen-bond acceptors (Lipinski definition) is 4. The molecule has 6 heteroatoms. The molecule has 0 amide bonds. The Balaban J connectivity index is -0.000000605. The van der Waals surface area contributed by atoms with Crippen LogP contribution in [0.5, 0.6) is 0 Å². The third-order valence-corrected chi connectivity index (χ3v) is 1.87. The molecule has 0 radical (unpaired) electrons. The van der Waals surface area contributed by atoms with Crippen molar-refractivity contribution >= 4 is 0 Å². The van der Waals surface area contributed by atoms with Crippen molar-refractivity contribution < 1.29 is 32.2 Å². The predicted octanol–water partition coefficient (Wildman–Crippen LogP) is 0.621. The maximum Gasteiger partial charge on any atom is 1.00 e. The average molecular weight is 256 g/mol. The minimum absolute atomic E-state index is 0. The first-order valence-corrected chi connectivity index (χ1v) is 4.04. The molecule has 0 saturated heterocycles. The van der Waals surface area contributed by atoms with Gasteiger partial charge >= 0.3 is 17.1 Å². The van der Waals surface area contributed by atoms with E-state index in [1.807, 2.05) is 0 Å². The minimum atomic E-state index is -1.25. The summed E-state index contributed by atoms with van der Waals surface area (Å²) in [7, 11) is 0. The topological polar surface area (TPSA) is 83.6 Å². The molecule has 0 fully saturated rings. The minimum Gasteiger partial charge on any atom is -0.386 e. The van der Waals surface area contributed by atoms with Gasteiger partial charge in [0, 0.05) is 4.92 Å². The van der Waals surface area contributed by atoms with Crippen LogP contribution >= 0.6 is 0 Å². The second-order valence-corrected chi connectivity index (χ2v) is 2.73. The van der Waals surface area contributed by atoms with Crippen molar-refractivity contribution in [2.75, 3.05) is 0 Å². The molecule has 90 valence electrons. The summed E-state index contributed by atoms with van der Waals surface area (Å²) in [6, 6.07) is -1.25. The van der Waals surface area contributed by atoms with Gasteiger partial charge in [-0.3, -0.25) is 10.1 Å². The molecule has 0 spiro atoms. The Morgan fingerprint density at radius 1 is 1.21 bits per heavy atom. The fourth-order valence-corrected chi connectivity index (χ4v) is 1.02. The van der Waals surface area contributed by atoms with Crippen LogP contribution in [0.2, 0.25) is 0 Å². The number of rotatable bonds is 5. The van der Waals surface area contributed by atoms with Crippen molar-refractivity contribution in [3.05, 3.63) is 17.5 Å². The maximum atomic E-state index is 10.4. The Bertz CT molecular complexity index is 146. The SMILES string of the molecule is CCC(O)C(C(O)CC)[N+](=O)[O-].[CH3-].[Cu+]. The first kappa shape index (κ1) is 19.4. The third kappa shape index (κ3) is 5.54. The van der Waals surface area contributed by atoms with Crippen LogP contribution in [-0.2, 0) is 17.1 Å². The molecule has 0 aliphatic heterocycles. The van der Waals surface area contributed by atoms with E-state index >= 15 is 0 Å². The molecule has 2 unspecified atom stereocenters. The fraction of sp³-hybridized carbons (Fsp3) is 0.875. The summed E-state index contributed by atoms with van der Waals surface area (Å²) in [6.45, 7) is 3.28. The fourth-order valence-electron chi connectivity index (χ4n) is 1.02. The molecule has 2 atom stereocenters. The molecule has 14 heavy (non-hydrogen) atoms. The molecule has 0 heterocycles. The summed E-state index contributed by atoms with van der Waals surface area (Å²) in [5.74, 6) is 0. The van der Waals surface area contributed by atoms with Crippen molar-refractivity contribution in [3.8, 4) is 0 Å². The predicted molar refractivity (Wildman–Crippen MR) is 49.8 cm³/mol. The van der Waals surface area contributed by atoms with Gasteiger partial charge in [0.25, 0.3) is 6.04 Å². The summed E-state index contributed by atoms with van der Waals surface area (Å²) < 4.78 is 0. The first-order chi connectivity index (χ1) is 5.54. The van der Waals surface area contributed by atoms with Crippen LogP contribution < -0.4 is 0 Å². The summed E-state index contributed by atoms with van der Waals surface area (Å²) in [6.07, 6.45) is -1.56. The van der Waals surface area contributed by atoms with Crippen LogP contribution in [0.15, 0.2) is 0 Å². The molecule has 2 N–H and O–H groups in total. The van der Waals surface area contributed by atoms with Crippen molar-refractivity contribution in [1.29, 1.82) is 0 Å². The number of aliphatic hydroxyl groups excluding tert-OH is 2. The molecule has 0 aliphatic carbocycles. The number of nitro groups is 1. The normalized spacial score (nSPS) is 15.7. The molecule has 0 saturated carbocycles. The van der Waals surface area contributed by atoms with Gasteiger partial charge in [-0.2, -0.15) is 0 Å². The van der Waals surface area contributed by atoms with Crippen LogP contribution in [-0.4, -0.2) is 33.4 Å². The van der Waals surface area contributed by atoms with E-state index in [-0.39, 0.29) is 37.3 Å². The largest absolute Gasteiger partial charge is 1.00 e. The van der Waals surface area contributed by atoms with Crippen LogP contribution in [0.3, 0.4) is 0 Å². The van der Waals surface area contributed by atoms with Gasteiger partial charge in [0.15, 0.2) is 0 Å². The molecule has 0 rings (SSSR count). The summed E-state index contributed by atoms with van der Waals surface area (Å²) in [5.41, 5.74) is 0. The summed E-state index contributed by atoms with van der Waals surface area (Å²) in [5, 5.41) is 28.8. The van der Waals surface area contributed by atoms with Gasteiger partial charge in [-0.1, -0.05) is 13.8 Å². The third-order valence-electron chi connectivity index (χ3n) is 1.87. The molecule has 0 bridgehead atoms. The number of hydrogen-bond donors (Lipinski definition) is 2. The molecule has 5 nitrogen and oxygen atoms in total. The van der Waals surface area contributed by atoms with Gasteiger partial charge in [0.05, 0.1) is 0 Å². The Kier molecular flexibility index (Phi) is 13.0. The first-order valence-electron chi connectivity index (χ1n) is 4.04. The number of aliphatic hydroxyl groups is 2. The quantitative estimate of drug-likeness (QED) is 0.327. The van der Waals surface area contributed by atoms with E-state index in [2.05, 4.69) is 0 Å². The number of nitrogens with zero attached hydrogens (tertiary/aromatic N) is 1. The van der Waals surface area contributed by atoms with Crippen LogP contribution in [0.4, 0.5) is 0 Å². The second-order valence-electron chi connectivity index (χ2n) is 2.73. The standard InChI is InChI=1S/C7H15NO4.CH3.Cu/c1-3-5(9)7(8(11)12)6(10)4-2;;/h5-7,9-10H,3-4H2,1-2H3;1H3;/q;-1;+1. The van der Waals surface area contributed by atoms with Gasteiger partial charge in [0.1, 0.15) is 12.2 Å². The average Bonchev–Trinajstić information content (AvgIpc) is 2.03. The van der Waals surface area contributed by atoms with Crippen LogP contribution in [0.1, 0.15) is 26.7 Å². The van der Waals surface area contributed by atoms with Gasteiger partial charge in [-0.05, 0) is 12.8 Å². The second kappa shape index (κ2) is 9.40. The smallest absolute Gasteiger partial charge is 0.386 e. The summed E-state index contributed by atoms with van der Waals surface area (Å²) in [4.78, 5) is 9.76. The van der Waals surface area contributed by atoms with E-state index in [9.17, 15) is 20.3 Å². The Morgan fingerprint density at radius 2 is 1.50 bits per heavy atom. The zero-order chi connectivity index (χ0) is 9.72. The maximum absolute atomic E-state index is 10.4. The van der Waals surface area contributed by atoms with Gasteiger partial charge in [0.2, 0.25) is 0 Å². The van der Waals surface area contributed by atoms with E-state index in [1.165, 1.54) is 0 Å². The van der Waals surface area contributed by atoms with Crippen molar-refractivity contribution in [2.24, 2.45) is 0 Å². The molecule has 0 aliphatic rings. The Morgan fingerprint density at radius 3 is 1.64 bits per heavy atom. The van der Waals surface area contributed by atoms with Gasteiger partial charge < -0.3 is 17.6 Å². The zero-order valence-corrected chi connectivity index (χ0v) is 9.55. The van der Waals surface area contributed by atoms with Gasteiger partial charge in [-0.25, -0.2) is 0 Å². The molecule has 0 aromatic carbocycles. The van der Waals surface area contributed by atoms with Crippen LogP contribution in [0, 0.1) is 17.5 Å². The molecule has 0 aromatic heterocycles. The van der Waals surface area contributed by atoms with Crippen LogP contribution in [0.25, 0.3) is 0 Å². The summed E-state index contributed by atoms with van der Waals surface area (Å²) >= 11 is 0. The van der Waals surface area contributed by atoms with E-state index in [0.29, 0.717) is 0 Å². The van der Waals surface area contributed by atoms with E-state index in [0.717, 1.165) is 0 Å². The molecular weight excluding hydrogens is 238 g/mol. The Hall–Kier alpha value is -0.161. The van der Waals surface area contributed by atoms with Crippen molar-refractivity contribution in [1.82, 2.24) is 0 Å².